The third-order valence-corrected chi connectivity index (χ3v) is 3.85. The number of nitriles is 1. The molecular weight excluding hydrogens is 253 g/mol. The molecule has 1 aromatic carbocycles. The average Bonchev–Trinajstić information content (AvgIpc) is 2.65. The van der Waals surface area contributed by atoms with Crippen LogP contribution in [0.25, 0.3) is 0 Å². The van der Waals surface area contributed by atoms with Crippen molar-refractivity contribution in [2.45, 2.75) is 38.6 Å². The summed E-state index contributed by atoms with van der Waals surface area (Å²) in [7, 11) is 0. The van der Waals surface area contributed by atoms with Gasteiger partial charge in [-0.25, -0.2) is 4.39 Å². The number of nitrogens with one attached hydrogen (secondary N) is 1. The zero-order chi connectivity index (χ0) is 14.4. The highest BCUT2D eigenvalue weighted by Gasteiger charge is 2.18. The molecule has 1 atom stereocenters. The summed E-state index contributed by atoms with van der Waals surface area (Å²) in [6.07, 6.45) is 4.44. The van der Waals surface area contributed by atoms with E-state index in [1.807, 2.05) is 6.07 Å². The maximum atomic E-state index is 13.6. The molecule has 0 amide bonds. The van der Waals surface area contributed by atoms with E-state index in [0.29, 0.717) is 11.7 Å². The first kappa shape index (κ1) is 14.8. The van der Waals surface area contributed by atoms with Gasteiger partial charge < -0.3 is 10.2 Å². The number of halogens is 1. The first-order valence-electron chi connectivity index (χ1n) is 7.42. The highest BCUT2D eigenvalue weighted by Crippen LogP contribution is 2.22. The minimum Gasteiger partial charge on any atom is -0.381 e. The number of hydrogen-bond acceptors (Lipinski definition) is 3. The average molecular weight is 275 g/mol. The molecule has 3 nitrogen and oxygen atoms in total. The Labute approximate surface area is 120 Å². The van der Waals surface area contributed by atoms with Gasteiger partial charge in [0.1, 0.15) is 17.4 Å². The standard InChI is InChI=1S/C16H22FN3/c1-2-9-20-10-4-5-13(8-11-20)19-16-7-3-6-15(17)14(16)12-18/h3,6-7,13,19H,2,4-5,8-11H2,1H3. The van der Waals surface area contributed by atoms with Gasteiger partial charge in [-0.1, -0.05) is 13.0 Å². The van der Waals surface area contributed by atoms with Gasteiger partial charge in [-0.3, -0.25) is 0 Å². The molecule has 20 heavy (non-hydrogen) atoms. The second-order valence-electron chi connectivity index (χ2n) is 5.39. The van der Waals surface area contributed by atoms with E-state index in [0.717, 1.165) is 38.9 Å². The number of benzene rings is 1. The van der Waals surface area contributed by atoms with E-state index < -0.39 is 5.82 Å². The van der Waals surface area contributed by atoms with Crippen LogP contribution in [0.1, 0.15) is 38.2 Å². The summed E-state index contributed by atoms with van der Waals surface area (Å²) in [5.41, 5.74) is 0.753. The molecule has 0 aromatic heterocycles. The predicted octanol–water partition coefficient (Wildman–Crippen LogP) is 3.37. The summed E-state index contributed by atoms with van der Waals surface area (Å²) in [4.78, 5) is 2.48. The zero-order valence-corrected chi connectivity index (χ0v) is 12.0. The summed E-state index contributed by atoms with van der Waals surface area (Å²) in [5.74, 6) is -0.446. The Balaban J connectivity index is 2.00. The van der Waals surface area contributed by atoms with Gasteiger partial charge in [0, 0.05) is 12.6 Å². The Hall–Kier alpha value is -1.60. The summed E-state index contributed by atoms with van der Waals surface area (Å²) < 4.78 is 13.6. The molecule has 1 heterocycles. The summed E-state index contributed by atoms with van der Waals surface area (Å²) in [6, 6.07) is 7.05. The van der Waals surface area contributed by atoms with Crippen LogP contribution < -0.4 is 5.32 Å². The van der Waals surface area contributed by atoms with Crippen molar-refractivity contribution in [2.24, 2.45) is 0 Å². The molecular formula is C16H22FN3. The minimum absolute atomic E-state index is 0.127. The van der Waals surface area contributed by atoms with Gasteiger partial charge in [0.15, 0.2) is 0 Å². The molecule has 1 saturated heterocycles. The molecule has 0 aliphatic carbocycles. The first-order chi connectivity index (χ1) is 9.74. The molecule has 0 bridgehead atoms. The Kier molecular flexibility index (Phi) is 5.37. The molecule has 1 aliphatic heterocycles. The molecule has 1 aromatic rings. The third-order valence-electron chi connectivity index (χ3n) is 3.85. The number of nitrogens with zero attached hydrogens (tertiary/aromatic N) is 2. The molecule has 1 fully saturated rings. The Bertz CT molecular complexity index is 481. The molecule has 0 spiro atoms. The van der Waals surface area contributed by atoms with E-state index >= 15 is 0 Å². The van der Waals surface area contributed by atoms with Crippen molar-refractivity contribution in [1.82, 2.24) is 4.90 Å². The maximum absolute atomic E-state index is 13.6. The van der Waals surface area contributed by atoms with Gasteiger partial charge in [0.05, 0.1) is 5.69 Å². The molecule has 0 saturated carbocycles. The van der Waals surface area contributed by atoms with Crippen LogP contribution in [0.5, 0.6) is 0 Å². The molecule has 2 rings (SSSR count). The summed E-state index contributed by atoms with van der Waals surface area (Å²) in [5, 5.41) is 12.4. The fourth-order valence-corrected chi connectivity index (χ4v) is 2.82. The van der Waals surface area contributed by atoms with Crippen molar-refractivity contribution >= 4 is 5.69 Å². The van der Waals surface area contributed by atoms with Gasteiger partial charge in [0.25, 0.3) is 0 Å². The highest BCUT2D eigenvalue weighted by molar-refractivity contribution is 5.58. The lowest BCUT2D eigenvalue weighted by molar-refractivity contribution is 0.285. The van der Waals surface area contributed by atoms with Crippen LogP contribution in [0.15, 0.2) is 18.2 Å². The van der Waals surface area contributed by atoms with Gasteiger partial charge in [0.2, 0.25) is 0 Å². The maximum Gasteiger partial charge on any atom is 0.143 e. The third kappa shape index (κ3) is 3.71. The number of rotatable bonds is 4. The fraction of sp³-hybridized carbons (Fsp3) is 0.562. The van der Waals surface area contributed by atoms with Crippen LogP contribution >= 0.6 is 0 Å². The number of hydrogen-bond donors (Lipinski definition) is 1. The molecule has 1 N–H and O–H groups in total. The van der Waals surface area contributed by atoms with Crippen molar-refractivity contribution in [3.8, 4) is 6.07 Å². The van der Waals surface area contributed by atoms with Gasteiger partial charge in [-0.2, -0.15) is 5.26 Å². The molecule has 1 unspecified atom stereocenters. The lowest BCUT2D eigenvalue weighted by Crippen LogP contribution is -2.27. The van der Waals surface area contributed by atoms with Gasteiger partial charge in [-0.05, 0) is 50.9 Å². The SMILES string of the molecule is CCCN1CCCC(Nc2cccc(F)c2C#N)CC1. The monoisotopic (exact) mass is 275 g/mol. The van der Waals surface area contributed by atoms with Crippen molar-refractivity contribution in [3.63, 3.8) is 0 Å². The van der Waals surface area contributed by atoms with Crippen LogP contribution in [0, 0.1) is 17.1 Å². The minimum atomic E-state index is -0.446. The topological polar surface area (TPSA) is 39.1 Å². The fourth-order valence-electron chi connectivity index (χ4n) is 2.82. The predicted molar refractivity (Wildman–Crippen MR) is 79.1 cm³/mol. The summed E-state index contributed by atoms with van der Waals surface area (Å²) in [6.45, 7) is 5.56. The number of likely N-dealkylation sites (tertiary alicyclic amines) is 1. The Morgan fingerprint density at radius 1 is 1.40 bits per heavy atom. The highest BCUT2D eigenvalue weighted by atomic mass is 19.1. The zero-order valence-electron chi connectivity index (χ0n) is 12.0. The summed E-state index contributed by atoms with van der Waals surface area (Å²) >= 11 is 0. The van der Waals surface area contributed by atoms with Crippen molar-refractivity contribution in [2.75, 3.05) is 25.0 Å². The van der Waals surface area contributed by atoms with Gasteiger partial charge >= 0.3 is 0 Å². The molecule has 0 radical (unpaired) electrons. The van der Waals surface area contributed by atoms with Crippen LogP contribution in [-0.4, -0.2) is 30.6 Å². The lowest BCUT2D eigenvalue weighted by Gasteiger charge is -2.20. The molecule has 1 aliphatic rings. The second-order valence-corrected chi connectivity index (χ2v) is 5.39. The largest absolute Gasteiger partial charge is 0.381 e. The van der Waals surface area contributed by atoms with Crippen molar-refractivity contribution < 1.29 is 4.39 Å². The van der Waals surface area contributed by atoms with Crippen LogP contribution in [0.4, 0.5) is 10.1 Å². The normalized spacial score (nSPS) is 20.1. The van der Waals surface area contributed by atoms with Crippen LogP contribution in [-0.2, 0) is 0 Å². The van der Waals surface area contributed by atoms with E-state index in [1.165, 1.54) is 12.5 Å². The van der Waals surface area contributed by atoms with E-state index in [-0.39, 0.29) is 5.56 Å². The van der Waals surface area contributed by atoms with Crippen LogP contribution in [0.2, 0.25) is 0 Å². The quantitative estimate of drug-likeness (QED) is 0.915. The Morgan fingerprint density at radius 2 is 2.25 bits per heavy atom. The van der Waals surface area contributed by atoms with E-state index in [4.69, 9.17) is 5.26 Å². The van der Waals surface area contributed by atoms with Gasteiger partial charge in [-0.15, -0.1) is 0 Å². The molecule has 4 heteroatoms. The second kappa shape index (κ2) is 7.25. The van der Waals surface area contributed by atoms with Crippen molar-refractivity contribution in [3.05, 3.63) is 29.6 Å². The smallest absolute Gasteiger partial charge is 0.143 e. The first-order valence-corrected chi connectivity index (χ1v) is 7.42. The lowest BCUT2D eigenvalue weighted by atomic mass is 10.1. The van der Waals surface area contributed by atoms with E-state index in [9.17, 15) is 4.39 Å². The van der Waals surface area contributed by atoms with E-state index in [1.54, 1.807) is 12.1 Å². The number of anilines is 1. The molecule has 108 valence electrons. The van der Waals surface area contributed by atoms with Crippen molar-refractivity contribution in [1.29, 1.82) is 5.26 Å². The van der Waals surface area contributed by atoms with Crippen LogP contribution in [0.3, 0.4) is 0 Å². The van der Waals surface area contributed by atoms with E-state index in [2.05, 4.69) is 17.1 Å². The Morgan fingerprint density at radius 3 is 3.00 bits per heavy atom.